The van der Waals surface area contributed by atoms with Gasteiger partial charge in [0.15, 0.2) is 5.82 Å². The third-order valence-corrected chi connectivity index (χ3v) is 5.98. The molecular weight excluding hydrogens is 419 g/mol. The molecule has 1 saturated heterocycles. The minimum Gasteiger partial charge on any atom is -0.348 e. The van der Waals surface area contributed by atoms with E-state index in [1.165, 1.54) is 12.3 Å². The molecule has 6 nitrogen and oxygen atoms in total. The van der Waals surface area contributed by atoms with Crippen LogP contribution in [0.5, 0.6) is 0 Å². The predicted octanol–water partition coefficient (Wildman–Crippen LogP) is 4.15. The molecule has 170 valence electrons. The van der Waals surface area contributed by atoms with Crippen LogP contribution in [0.4, 0.5) is 4.39 Å². The fraction of sp³-hybridized carbons (Fsp3) is 0.308. The smallest absolute Gasteiger partial charge is 0.254 e. The Hall–Kier alpha value is -3.61. The van der Waals surface area contributed by atoms with Gasteiger partial charge in [-0.3, -0.25) is 9.59 Å². The van der Waals surface area contributed by atoms with Gasteiger partial charge in [0.1, 0.15) is 5.82 Å². The van der Waals surface area contributed by atoms with E-state index in [9.17, 15) is 14.0 Å². The number of rotatable bonds is 7. The highest BCUT2D eigenvalue weighted by atomic mass is 19.1. The maximum absolute atomic E-state index is 13.9. The number of hydrogen-bond donors (Lipinski definition) is 1. The van der Waals surface area contributed by atoms with Gasteiger partial charge in [-0.05, 0) is 43.4 Å². The summed E-state index contributed by atoms with van der Waals surface area (Å²) in [5.41, 5.74) is 2.55. The van der Waals surface area contributed by atoms with Gasteiger partial charge in [0.25, 0.3) is 5.91 Å². The Balaban J connectivity index is 1.40. The molecule has 1 N–H and O–H groups in total. The molecule has 0 unspecified atom stereocenters. The van der Waals surface area contributed by atoms with Gasteiger partial charge in [-0.15, -0.1) is 0 Å². The molecule has 2 amide bonds. The van der Waals surface area contributed by atoms with Crippen molar-refractivity contribution in [2.45, 2.75) is 45.2 Å². The van der Waals surface area contributed by atoms with Crippen LogP contribution in [-0.4, -0.2) is 33.2 Å². The minimum absolute atomic E-state index is 0.0355. The van der Waals surface area contributed by atoms with Gasteiger partial charge in [0, 0.05) is 25.7 Å². The first kappa shape index (κ1) is 22.6. The summed E-state index contributed by atoms with van der Waals surface area (Å²) in [6.45, 7) is 2.83. The third kappa shape index (κ3) is 5.42. The molecular formula is C26H27FN4O2. The van der Waals surface area contributed by atoms with Gasteiger partial charge in [-0.1, -0.05) is 48.5 Å². The molecule has 0 spiro atoms. The normalized spacial score (nSPS) is 15.5. The maximum atomic E-state index is 13.9. The number of likely N-dealkylation sites (tertiary alicyclic amines) is 1. The SMILES string of the molecule is Cc1nc([C@H]2CCCN2C(=O)CCc2ccccc2F)ncc1C(=O)NCc1ccccc1. The number of amides is 2. The van der Waals surface area contributed by atoms with Gasteiger partial charge >= 0.3 is 0 Å². The molecule has 1 aliphatic rings. The first-order valence-electron chi connectivity index (χ1n) is 11.2. The zero-order valence-corrected chi connectivity index (χ0v) is 18.6. The highest BCUT2D eigenvalue weighted by molar-refractivity contribution is 5.94. The Morgan fingerprint density at radius 2 is 1.88 bits per heavy atom. The lowest BCUT2D eigenvalue weighted by molar-refractivity contribution is -0.132. The van der Waals surface area contributed by atoms with E-state index in [4.69, 9.17) is 0 Å². The van der Waals surface area contributed by atoms with Crippen molar-refractivity contribution >= 4 is 11.8 Å². The van der Waals surface area contributed by atoms with Crippen molar-refractivity contribution in [3.05, 3.63) is 94.8 Å². The van der Waals surface area contributed by atoms with E-state index in [2.05, 4.69) is 15.3 Å². The molecule has 1 atom stereocenters. The van der Waals surface area contributed by atoms with Crippen molar-refractivity contribution in [3.8, 4) is 0 Å². The van der Waals surface area contributed by atoms with Crippen molar-refractivity contribution in [3.63, 3.8) is 0 Å². The first-order valence-corrected chi connectivity index (χ1v) is 11.2. The second-order valence-corrected chi connectivity index (χ2v) is 8.23. The topological polar surface area (TPSA) is 75.2 Å². The molecule has 4 rings (SSSR count). The second kappa shape index (κ2) is 10.3. The van der Waals surface area contributed by atoms with Crippen LogP contribution in [0.25, 0.3) is 0 Å². The van der Waals surface area contributed by atoms with E-state index in [-0.39, 0.29) is 30.1 Å². The number of aryl methyl sites for hydroxylation is 2. The predicted molar refractivity (Wildman–Crippen MR) is 123 cm³/mol. The number of carbonyl (C=O) groups excluding carboxylic acids is 2. The van der Waals surface area contributed by atoms with E-state index >= 15 is 0 Å². The fourth-order valence-electron chi connectivity index (χ4n) is 4.16. The van der Waals surface area contributed by atoms with E-state index in [0.717, 1.165) is 18.4 Å². The van der Waals surface area contributed by atoms with Crippen LogP contribution in [0.3, 0.4) is 0 Å². The van der Waals surface area contributed by atoms with Crippen molar-refractivity contribution < 1.29 is 14.0 Å². The molecule has 3 aromatic rings. The highest BCUT2D eigenvalue weighted by Gasteiger charge is 2.32. The molecule has 7 heteroatoms. The van der Waals surface area contributed by atoms with Crippen LogP contribution in [0.2, 0.25) is 0 Å². The molecule has 0 aliphatic carbocycles. The van der Waals surface area contributed by atoms with Gasteiger partial charge in [-0.25, -0.2) is 14.4 Å². The lowest BCUT2D eigenvalue weighted by atomic mass is 10.1. The lowest BCUT2D eigenvalue weighted by Crippen LogP contribution is -2.32. The summed E-state index contributed by atoms with van der Waals surface area (Å²) in [6.07, 6.45) is 3.76. The lowest BCUT2D eigenvalue weighted by Gasteiger charge is -2.24. The zero-order valence-electron chi connectivity index (χ0n) is 18.6. The summed E-state index contributed by atoms with van der Waals surface area (Å²) >= 11 is 0. The largest absolute Gasteiger partial charge is 0.348 e. The molecule has 33 heavy (non-hydrogen) atoms. The fourth-order valence-corrected chi connectivity index (χ4v) is 4.16. The molecule has 0 bridgehead atoms. The van der Waals surface area contributed by atoms with Crippen molar-refractivity contribution in [2.75, 3.05) is 6.54 Å². The average Bonchev–Trinajstić information content (AvgIpc) is 3.32. The monoisotopic (exact) mass is 446 g/mol. The Bertz CT molecular complexity index is 1140. The van der Waals surface area contributed by atoms with Crippen LogP contribution in [0, 0.1) is 12.7 Å². The standard InChI is InChI=1S/C26H27FN4O2/c1-18-21(26(33)29-16-19-8-3-2-4-9-19)17-28-25(30-18)23-12-7-15-31(23)24(32)14-13-20-10-5-6-11-22(20)27/h2-6,8-11,17,23H,7,12-16H2,1H3,(H,29,33)/t23-/m1/s1. The summed E-state index contributed by atoms with van der Waals surface area (Å²) in [4.78, 5) is 36.3. The molecule has 2 heterocycles. The van der Waals surface area contributed by atoms with Crippen molar-refractivity contribution in [1.29, 1.82) is 0 Å². The van der Waals surface area contributed by atoms with Crippen LogP contribution in [0.15, 0.2) is 60.8 Å². The zero-order chi connectivity index (χ0) is 23.2. The molecule has 1 aliphatic heterocycles. The van der Waals surface area contributed by atoms with Crippen LogP contribution >= 0.6 is 0 Å². The summed E-state index contributed by atoms with van der Waals surface area (Å²) in [5.74, 6) is -0.00829. The molecule has 0 radical (unpaired) electrons. The summed E-state index contributed by atoms with van der Waals surface area (Å²) in [7, 11) is 0. The third-order valence-electron chi connectivity index (χ3n) is 5.98. The highest BCUT2D eigenvalue weighted by Crippen LogP contribution is 2.31. The number of nitrogens with one attached hydrogen (secondary N) is 1. The molecule has 0 saturated carbocycles. The number of carbonyl (C=O) groups is 2. The number of benzene rings is 2. The summed E-state index contributed by atoms with van der Waals surface area (Å²) in [5, 5.41) is 2.89. The Morgan fingerprint density at radius 3 is 2.64 bits per heavy atom. The summed E-state index contributed by atoms with van der Waals surface area (Å²) in [6, 6.07) is 16.0. The minimum atomic E-state index is -0.289. The van der Waals surface area contributed by atoms with Crippen LogP contribution < -0.4 is 5.32 Å². The molecule has 2 aromatic carbocycles. The average molecular weight is 447 g/mol. The number of aromatic nitrogens is 2. The molecule has 1 fully saturated rings. The van der Waals surface area contributed by atoms with E-state index < -0.39 is 0 Å². The van der Waals surface area contributed by atoms with Crippen molar-refractivity contribution in [2.24, 2.45) is 0 Å². The Labute approximate surface area is 192 Å². The van der Waals surface area contributed by atoms with E-state index in [1.54, 1.807) is 30.0 Å². The van der Waals surface area contributed by atoms with Gasteiger partial charge < -0.3 is 10.2 Å². The van der Waals surface area contributed by atoms with Gasteiger partial charge in [0.2, 0.25) is 5.91 Å². The Morgan fingerprint density at radius 1 is 1.12 bits per heavy atom. The van der Waals surface area contributed by atoms with Crippen LogP contribution in [0.1, 0.15) is 58.3 Å². The van der Waals surface area contributed by atoms with Gasteiger partial charge in [0.05, 0.1) is 17.3 Å². The first-order chi connectivity index (χ1) is 16.0. The van der Waals surface area contributed by atoms with Gasteiger partial charge in [-0.2, -0.15) is 0 Å². The van der Waals surface area contributed by atoms with Crippen molar-refractivity contribution in [1.82, 2.24) is 20.2 Å². The van der Waals surface area contributed by atoms with E-state index in [1.807, 2.05) is 30.3 Å². The van der Waals surface area contributed by atoms with Crippen LogP contribution in [-0.2, 0) is 17.8 Å². The second-order valence-electron chi connectivity index (χ2n) is 8.23. The van der Waals surface area contributed by atoms with E-state index in [0.29, 0.717) is 42.2 Å². The summed E-state index contributed by atoms with van der Waals surface area (Å²) < 4.78 is 13.9. The molecule has 1 aromatic heterocycles. The quantitative estimate of drug-likeness (QED) is 0.592. The number of halogens is 1. The Kier molecular flexibility index (Phi) is 7.07. The number of hydrogen-bond acceptors (Lipinski definition) is 4. The maximum Gasteiger partial charge on any atom is 0.254 e. The number of nitrogens with zero attached hydrogens (tertiary/aromatic N) is 3.